The van der Waals surface area contributed by atoms with Crippen molar-refractivity contribution in [3.8, 4) is 0 Å². The van der Waals surface area contributed by atoms with Crippen LogP contribution in [0.25, 0.3) is 0 Å². The molecule has 1 saturated carbocycles. The molecule has 2 nitrogen and oxygen atoms in total. The fourth-order valence-electron chi connectivity index (χ4n) is 3.88. The Labute approximate surface area is 129 Å². The third-order valence-corrected chi connectivity index (χ3v) is 5.49. The van der Waals surface area contributed by atoms with Crippen molar-refractivity contribution < 1.29 is 0 Å². The monoisotopic (exact) mass is 286 g/mol. The minimum atomic E-state index is 0.349. The Morgan fingerprint density at radius 2 is 1.95 bits per heavy atom. The second-order valence-corrected chi connectivity index (χ2v) is 7.59. The molecule has 2 fully saturated rings. The molecule has 0 spiro atoms. The van der Waals surface area contributed by atoms with Crippen molar-refractivity contribution in [1.82, 2.24) is 10.2 Å². The van der Waals surface area contributed by atoms with Crippen LogP contribution in [0.5, 0.6) is 0 Å². The summed E-state index contributed by atoms with van der Waals surface area (Å²) in [6.07, 6.45) is 4.01. The van der Waals surface area contributed by atoms with Crippen molar-refractivity contribution in [2.24, 2.45) is 11.8 Å². The van der Waals surface area contributed by atoms with Crippen LogP contribution in [0, 0.1) is 11.8 Å². The van der Waals surface area contributed by atoms with Gasteiger partial charge in [-0.1, -0.05) is 44.2 Å². The summed E-state index contributed by atoms with van der Waals surface area (Å²) in [7, 11) is 0. The van der Waals surface area contributed by atoms with E-state index in [2.05, 4.69) is 61.3 Å². The minimum absolute atomic E-state index is 0.349. The predicted octanol–water partition coefficient (Wildman–Crippen LogP) is 3.33. The van der Waals surface area contributed by atoms with Gasteiger partial charge >= 0.3 is 0 Å². The molecule has 2 atom stereocenters. The van der Waals surface area contributed by atoms with E-state index in [1.165, 1.54) is 37.9 Å². The van der Waals surface area contributed by atoms with Gasteiger partial charge in [-0.2, -0.15) is 0 Å². The minimum Gasteiger partial charge on any atom is -0.308 e. The lowest BCUT2D eigenvalue weighted by Crippen LogP contribution is -2.65. The molecule has 1 aliphatic heterocycles. The summed E-state index contributed by atoms with van der Waals surface area (Å²) in [5.74, 6) is 1.63. The van der Waals surface area contributed by atoms with Crippen LogP contribution in [0.4, 0.5) is 0 Å². The summed E-state index contributed by atoms with van der Waals surface area (Å²) in [5, 5.41) is 3.88. The lowest BCUT2D eigenvalue weighted by atomic mass is 9.88. The molecular weight excluding hydrogens is 256 g/mol. The molecule has 3 rings (SSSR count). The van der Waals surface area contributed by atoms with Crippen molar-refractivity contribution in [2.75, 3.05) is 19.6 Å². The molecule has 1 saturated heterocycles. The molecule has 21 heavy (non-hydrogen) atoms. The van der Waals surface area contributed by atoms with Crippen molar-refractivity contribution in [3.05, 3.63) is 35.9 Å². The molecule has 0 radical (unpaired) electrons. The van der Waals surface area contributed by atoms with Crippen LogP contribution < -0.4 is 5.32 Å². The smallest absolute Gasteiger partial charge is 0.0309 e. The Bertz CT molecular complexity index is 452. The van der Waals surface area contributed by atoms with E-state index in [-0.39, 0.29) is 0 Å². The molecule has 2 heteroatoms. The van der Waals surface area contributed by atoms with Gasteiger partial charge in [0.05, 0.1) is 0 Å². The van der Waals surface area contributed by atoms with Gasteiger partial charge in [0, 0.05) is 31.2 Å². The van der Waals surface area contributed by atoms with Gasteiger partial charge in [-0.3, -0.25) is 4.90 Å². The van der Waals surface area contributed by atoms with Crippen LogP contribution in [-0.4, -0.2) is 36.1 Å². The lowest BCUT2D eigenvalue weighted by molar-refractivity contribution is 0.0534. The highest BCUT2D eigenvalue weighted by Crippen LogP contribution is 2.41. The normalized spacial score (nSPS) is 30.8. The SMILES string of the molecule is CC(C)C1CNC(C)(C2CC2)CN1CCc1ccccc1. The summed E-state index contributed by atoms with van der Waals surface area (Å²) in [6, 6.07) is 11.6. The predicted molar refractivity (Wildman–Crippen MR) is 89.5 cm³/mol. The topological polar surface area (TPSA) is 15.3 Å². The van der Waals surface area contributed by atoms with Gasteiger partial charge in [0.25, 0.3) is 0 Å². The third-order valence-electron chi connectivity index (χ3n) is 5.49. The quantitative estimate of drug-likeness (QED) is 0.893. The summed E-state index contributed by atoms with van der Waals surface area (Å²) in [4.78, 5) is 2.76. The van der Waals surface area contributed by atoms with Gasteiger partial charge in [-0.15, -0.1) is 0 Å². The van der Waals surface area contributed by atoms with Crippen molar-refractivity contribution >= 4 is 0 Å². The maximum atomic E-state index is 3.88. The van der Waals surface area contributed by atoms with Crippen LogP contribution in [0.3, 0.4) is 0 Å². The molecular formula is C19H30N2. The molecule has 1 aliphatic carbocycles. The first kappa shape index (κ1) is 15.1. The first-order valence-corrected chi connectivity index (χ1v) is 8.61. The maximum absolute atomic E-state index is 3.88. The number of hydrogen-bond donors (Lipinski definition) is 1. The average molecular weight is 286 g/mol. The Morgan fingerprint density at radius 3 is 2.57 bits per heavy atom. The highest BCUT2D eigenvalue weighted by molar-refractivity contribution is 5.15. The molecule has 1 aromatic rings. The van der Waals surface area contributed by atoms with Gasteiger partial charge in [0.1, 0.15) is 0 Å². The lowest BCUT2D eigenvalue weighted by Gasteiger charge is -2.48. The van der Waals surface area contributed by atoms with E-state index in [1.807, 2.05) is 0 Å². The van der Waals surface area contributed by atoms with Crippen molar-refractivity contribution in [1.29, 1.82) is 0 Å². The van der Waals surface area contributed by atoms with Gasteiger partial charge in [-0.05, 0) is 43.6 Å². The highest BCUT2D eigenvalue weighted by atomic mass is 15.3. The summed E-state index contributed by atoms with van der Waals surface area (Å²) in [6.45, 7) is 10.7. The van der Waals surface area contributed by atoms with Gasteiger partial charge in [-0.25, -0.2) is 0 Å². The molecule has 2 unspecified atom stereocenters. The number of hydrogen-bond acceptors (Lipinski definition) is 2. The molecule has 1 N–H and O–H groups in total. The Morgan fingerprint density at radius 1 is 1.24 bits per heavy atom. The van der Waals surface area contributed by atoms with Gasteiger partial charge < -0.3 is 5.32 Å². The van der Waals surface area contributed by atoms with Gasteiger partial charge in [0.15, 0.2) is 0 Å². The summed E-state index contributed by atoms with van der Waals surface area (Å²) >= 11 is 0. The van der Waals surface area contributed by atoms with E-state index in [0.717, 1.165) is 18.4 Å². The zero-order valence-corrected chi connectivity index (χ0v) is 13.8. The van der Waals surface area contributed by atoms with E-state index in [0.29, 0.717) is 11.6 Å². The molecule has 1 heterocycles. The fraction of sp³-hybridized carbons (Fsp3) is 0.684. The zero-order chi connectivity index (χ0) is 14.9. The first-order valence-electron chi connectivity index (χ1n) is 8.61. The molecule has 0 amide bonds. The fourth-order valence-corrected chi connectivity index (χ4v) is 3.88. The van der Waals surface area contributed by atoms with Crippen molar-refractivity contribution in [2.45, 2.75) is 51.6 Å². The Kier molecular flexibility index (Phi) is 4.37. The second kappa shape index (κ2) is 6.10. The number of benzene rings is 1. The van der Waals surface area contributed by atoms with Crippen molar-refractivity contribution in [3.63, 3.8) is 0 Å². The van der Waals surface area contributed by atoms with Crippen LogP contribution in [0.15, 0.2) is 30.3 Å². The third kappa shape index (κ3) is 3.49. The number of piperazine rings is 1. The Balaban J connectivity index is 1.65. The van der Waals surface area contributed by atoms with Gasteiger partial charge in [0.2, 0.25) is 0 Å². The standard InChI is InChI=1S/C19H30N2/c1-15(2)18-13-20-19(3,17-9-10-17)14-21(18)12-11-16-7-5-4-6-8-16/h4-8,15,17-18,20H,9-14H2,1-3H3. The molecule has 0 bridgehead atoms. The van der Waals surface area contributed by atoms with Crippen LogP contribution in [0.2, 0.25) is 0 Å². The second-order valence-electron chi connectivity index (χ2n) is 7.59. The van der Waals surface area contributed by atoms with E-state index < -0.39 is 0 Å². The highest BCUT2D eigenvalue weighted by Gasteiger charge is 2.46. The van der Waals surface area contributed by atoms with Crippen LogP contribution in [0.1, 0.15) is 39.2 Å². The van der Waals surface area contributed by atoms with E-state index >= 15 is 0 Å². The van der Waals surface area contributed by atoms with E-state index in [9.17, 15) is 0 Å². The Hall–Kier alpha value is -0.860. The van der Waals surface area contributed by atoms with Crippen LogP contribution >= 0.6 is 0 Å². The molecule has 2 aliphatic rings. The van der Waals surface area contributed by atoms with E-state index in [4.69, 9.17) is 0 Å². The maximum Gasteiger partial charge on any atom is 0.0309 e. The average Bonchev–Trinajstić information content (AvgIpc) is 3.31. The number of nitrogens with one attached hydrogen (secondary N) is 1. The summed E-state index contributed by atoms with van der Waals surface area (Å²) < 4.78 is 0. The largest absolute Gasteiger partial charge is 0.308 e. The first-order chi connectivity index (χ1) is 10.1. The molecule has 116 valence electrons. The number of rotatable bonds is 5. The molecule has 0 aromatic heterocycles. The van der Waals surface area contributed by atoms with Crippen LogP contribution in [-0.2, 0) is 6.42 Å². The zero-order valence-electron chi connectivity index (χ0n) is 13.8. The number of nitrogens with zero attached hydrogens (tertiary/aromatic N) is 1. The molecule has 1 aromatic carbocycles. The summed E-state index contributed by atoms with van der Waals surface area (Å²) in [5.41, 5.74) is 1.81. The van der Waals surface area contributed by atoms with E-state index in [1.54, 1.807) is 0 Å².